The number of hydrogen-bond donors (Lipinski definition) is 1. The molecule has 4 rings (SSSR count). The number of nitrogens with zero attached hydrogens (tertiary/aromatic N) is 4. The van der Waals surface area contributed by atoms with Gasteiger partial charge in [-0.25, -0.2) is 0 Å². The summed E-state index contributed by atoms with van der Waals surface area (Å²) in [5, 5.41) is 19.8. The van der Waals surface area contributed by atoms with Crippen LogP contribution in [0.2, 0.25) is 10.0 Å². The molecule has 0 bridgehead atoms. The number of rotatable bonds is 6. The number of aliphatic imine (C=N–C) groups is 1. The zero-order valence-electron chi connectivity index (χ0n) is 16.0. The highest BCUT2D eigenvalue weighted by atomic mass is 35.5. The largest absolute Gasteiger partial charge is 0.481 e. The lowest BCUT2D eigenvalue weighted by Crippen LogP contribution is -2.08. The number of benzene rings is 2. The van der Waals surface area contributed by atoms with Gasteiger partial charge in [-0.05, 0) is 36.4 Å². The van der Waals surface area contributed by atoms with Crippen LogP contribution in [-0.2, 0) is 4.79 Å². The van der Waals surface area contributed by atoms with E-state index in [2.05, 4.69) is 10.2 Å². The maximum Gasteiger partial charge on any atom is 0.303 e. The second-order valence-corrected chi connectivity index (χ2v) is 8.75. The summed E-state index contributed by atoms with van der Waals surface area (Å²) in [4.78, 5) is 16.2. The van der Waals surface area contributed by atoms with E-state index >= 15 is 0 Å². The van der Waals surface area contributed by atoms with Gasteiger partial charge in [0.2, 0.25) is 0 Å². The van der Waals surface area contributed by atoms with Crippen molar-refractivity contribution in [3.63, 3.8) is 0 Å². The molecular weight excluding hydrogens is 443 g/mol. The van der Waals surface area contributed by atoms with Gasteiger partial charge in [0.1, 0.15) is 6.04 Å². The Labute approximate surface area is 188 Å². The van der Waals surface area contributed by atoms with Crippen LogP contribution in [0.4, 0.5) is 0 Å². The molecule has 1 aliphatic heterocycles. The molecule has 0 radical (unpaired) electrons. The van der Waals surface area contributed by atoms with Gasteiger partial charge in [-0.1, -0.05) is 60.1 Å². The number of halogens is 2. The summed E-state index contributed by atoms with van der Waals surface area (Å²) in [6.07, 6.45) is 0.254. The predicted octanol–water partition coefficient (Wildman–Crippen LogP) is 5.44. The Morgan fingerprint density at radius 3 is 2.70 bits per heavy atom. The number of thioether (sulfide) groups is 1. The quantitative estimate of drug-likeness (QED) is 0.495. The normalized spacial score (nSPS) is 15.2. The Bertz CT molecular complexity index is 1150. The third-order valence-electron chi connectivity index (χ3n) is 4.73. The molecule has 9 heteroatoms. The highest BCUT2D eigenvalue weighted by Crippen LogP contribution is 2.37. The van der Waals surface area contributed by atoms with Gasteiger partial charge in [-0.2, -0.15) is 0 Å². The van der Waals surface area contributed by atoms with Gasteiger partial charge in [0, 0.05) is 27.6 Å². The zero-order chi connectivity index (χ0) is 21.3. The Balaban J connectivity index is 1.99. The first kappa shape index (κ1) is 20.9. The number of carboxylic acids is 1. The summed E-state index contributed by atoms with van der Waals surface area (Å²) in [7, 11) is 0. The Hall–Kier alpha value is -2.35. The Morgan fingerprint density at radius 1 is 1.17 bits per heavy atom. The van der Waals surface area contributed by atoms with Crippen molar-refractivity contribution in [3.8, 4) is 5.69 Å². The molecule has 2 heterocycles. The minimum Gasteiger partial charge on any atom is -0.481 e. The van der Waals surface area contributed by atoms with Gasteiger partial charge in [-0.3, -0.25) is 14.4 Å². The fourth-order valence-corrected chi connectivity index (χ4v) is 4.52. The molecule has 0 saturated heterocycles. The number of aliphatic carboxylic acids is 1. The first-order valence-corrected chi connectivity index (χ1v) is 11.2. The van der Waals surface area contributed by atoms with Gasteiger partial charge < -0.3 is 5.11 Å². The van der Waals surface area contributed by atoms with Crippen LogP contribution in [0.25, 0.3) is 5.69 Å². The molecule has 0 amide bonds. The van der Waals surface area contributed by atoms with Crippen LogP contribution >= 0.6 is 35.0 Å². The number of carboxylic acid groups (broad SMARTS) is 1. The van der Waals surface area contributed by atoms with Crippen LogP contribution in [0.1, 0.15) is 42.8 Å². The van der Waals surface area contributed by atoms with Crippen LogP contribution in [0.5, 0.6) is 0 Å². The molecule has 1 aromatic heterocycles. The van der Waals surface area contributed by atoms with E-state index in [-0.39, 0.29) is 6.42 Å². The maximum atomic E-state index is 11.3. The van der Waals surface area contributed by atoms with Crippen molar-refractivity contribution < 1.29 is 9.90 Å². The summed E-state index contributed by atoms with van der Waals surface area (Å²) in [5.74, 6) is 0.542. The van der Waals surface area contributed by atoms with Crippen molar-refractivity contribution in [3.05, 3.63) is 69.5 Å². The first-order valence-electron chi connectivity index (χ1n) is 9.42. The lowest BCUT2D eigenvalue weighted by Gasteiger charge is -2.14. The summed E-state index contributed by atoms with van der Waals surface area (Å²) < 4.78 is 1.96. The van der Waals surface area contributed by atoms with Crippen molar-refractivity contribution in [2.75, 3.05) is 5.75 Å². The molecule has 30 heavy (non-hydrogen) atoms. The van der Waals surface area contributed by atoms with E-state index in [0.717, 1.165) is 27.7 Å². The van der Waals surface area contributed by atoms with Crippen molar-refractivity contribution in [2.24, 2.45) is 4.99 Å². The summed E-state index contributed by atoms with van der Waals surface area (Å²) in [5.41, 5.74) is 3.05. The van der Waals surface area contributed by atoms with E-state index < -0.39 is 12.0 Å². The van der Waals surface area contributed by atoms with Crippen LogP contribution in [0, 0.1) is 0 Å². The molecule has 0 aliphatic carbocycles. The smallest absolute Gasteiger partial charge is 0.303 e. The zero-order valence-corrected chi connectivity index (χ0v) is 18.4. The molecule has 1 aliphatic rings. The fraction of sp³-hybridized carbons (Fsp3) is 0.238. The number of aromatic nitrogens is 3. The average molecular weight is 461 g/mol. The van der Waals surface area contributed by atoms with Crippen LogP contribution < -0.4 is 0 Å². The standard InChI is InChI=1S/C21H18Cl2N4O2S/c1-2-30-21-26-25-20-16(8-10-18(28)29)24-19(13-5-3-4-6-15(13)23)14-11-12(22)7-9-17(14)27(20)21/h3-7,9,11,16H,2,8,10H2,1H3,(H,28,29)/t16-/m0/s1. The first-order chi connectivity index (χ1) is 14.5. The van der Waals surface area contributed by atoms with Gasteiger partial charge in [0.25, 0.3) is 0 Å². The minimum atomic E-state index is -0.886. The van der Waals surface area contributed by atoms with Crippen molar-refractivity contribution in [1.82, 2.24) is 14.8 Å². The molecule has 3 aromatic rings. The van der Waals surface area contributed by atoms with E-state index in [1.807, 2.05) is 47.9 Å². The van der Waals surface area contributed by atoms with Crippen molar-refractivity contribution in [1.29, 1.82) is 0 Å². The van der Waals surface area contributed by atoms with Crippen LogP contribution in [0.3, 0.4) is 0 Å². The highest BCUT2D eigenvalue weighted by molar-refractivity contribution is 7.99. The average Bonchev–Trinajstić information content (AvgIpc) is 3.07. The number of hydrogen-bond acceptors (Lipinski definition) is 5. The lowest BCUT2D eigenvalue weighted by atomic mass is 10.00. The van der Waals surface area contributed by atoms with Gasteiger partial charge in [0.05, 0.1) is 11.4 Å². The molecule has 0 unspecified atom stereocenters. The molecular formula is C21H18Cl2N4O2S. The molecule has 0 fully saturated rings. The Morgan fingerprint density at radius 2 is 1.97 bits per heavy atom. The third kappa shape index (κ3) is 3.97. The van der Waals surface area contributed by atoms with E-state index in [9.17, 15) is 9.90 Å². The molecule has 6 nitrogen and oxygen atoms in total. The summed E-state index contributed by atoms with van der Waals surface area (Å²) in [6, 6.07) is 12.5. The van der Waals surface area contributed by atoms with Gasteiger partial charge in [-0.15, -0.1) is 10.2 Å². The number of fused-ring (bicyclic) bond motifs is 3. The molecule has 2 aromatic carbocycles. The SMILES string of the molecule is CCSc1nnc2n1-c1ccc(Cl)cc1C(c1ccccc1Cl)=N[C@H]2CCC(=O)O. The van der Waals surface area contributed by atoms with Gasteiger partial charge in [0.15, 0.2) is 11.0 Å². The highest BCUT2D eigenvalue weighted by Gasteiger charge is 2.30. The molecule has 1 atom stereocenters. The Kier molecular flexibility index (Phi) is 6.13. The molecule has 154 valence electrons. The lowest BCUT2D eigenvalue weighted by molar-refractivity contribution is -0.137. The topological polar surface area (TPSA) is 80.4 Å². The van der Waals surface area contributed by atoms with E-state index in [1.165, 1.54) is 0 Å². The second-order valence-electron chi connectivity index (χ2n) is 6.68. The molecule has 0 saturated carbocycles. The molecule has 1 N–H and O–H groups in total. The number of carbonyl (C=O) groups is 1. The van der Waals surface area contributed by atoms with E-state index in [0.29, 0.717) is 28.0 Å². The van der Waals surface area contributed by atoms with Crippen molar-refractivity contribution >= 4 is 46.6 Å². The minimum absolute atomic E-state index is 0.0375. The summed E-state index contributed by atoms with van der Waals surface area (Å²) >= 11 is 14.4. The van der Waals surface area contributed by atoms with Crippen molar-refractivity contribution in [2.45, 2.75) is 31.0 Å². The van der Waals surface area contributed by atoms with Crippen LogP contribution in [-0.4, -0.2) is 37.3 Å². The maximum absolute atomic E-state index is 11.3. The van der Waals surface area contributed by atoms with E-state index in [4.69, 9.17) is 28.2 Å². The predicted molar refractivity (Wildman–Crippen MR) is 119 cm³/mol. The van der Waals surface area contributed by atoms with Gasteiger partial charge >= 0.3 is 5.97 Å². The van der Waals surface area contributed by atoms with Crippen LogP contribution in [0.15, 0.2) is 52.6 Å². The second kappa shape index (κ2) is 8.79. The fourth-order valence-electron chi connectivity index (χ4n) is 3.44. The monoisotopic (exact) mass is 460 g/mol. The third-order valence-corrected chi connectivity index (χ3v) is 6.11. The van der Waals surface area contributed by atoms with E-state index in [1.54, 1.807) is 17.8 Å². The summed E-state index contributed by atoms with van der Waals surface area (Å²) in [6.45, 7) is 2.04. The molecule has 0 spiro atoms.